The van der Waals surface area contributed by atoms with Crippen LogP contribution in [0.2, 0.25) is 0 Å². The van der Waals surface area contributed by atoms with Gasteiger partial charge in [0.1, 0.15) is 11.6 Å². The molecular formula is C19H27BrFN3O2. The van der Waals surface area contributed by atoms with Gasteiger partial charge in [-0.2, -0.15) is 0 Å². The second-order valence-corrected chi connectivity index (χ2v) is 8.36. The van der Waals surface area contributed by atoms with Crippen LogP contribution in [0.15, 0.2) is 16.7 Å². The third-order valence-electron chi connectivity index (χ3n) is 5.67. The smallest absolute Gasteiger partial charge is 0.209 e. The summed E-state index contributed by atoms with van der Waals surface area (Å²) in [6.07, 6.45) is 8.58. The Balaban J connectivity index is 1.53. The largest absolute Gasteiger partial charge is 0.393 e. The number of carbonyl (C=O) groups is 1. The Bertz CT molecular complexity index is 610. The Morgan fingerprint density at radius 2 is 2.12 bits per heavy atom. The average molecular weight is 428 g/mol. The fourth-order valence-corrected chi connectivity index (χ4v) is 4.75. The summed E-state index contributed by atoms with van der Waals surface area (Å²) in [6, 6.07) is 1.72. The predicted octanol–water partition coefficient (Wildman–Crippen LogP) is 3.35. The maximum Gasteiger partial charge on any atom is 0.209 e. The Morgan fingerprint density at radius 3 is 2.81 bits per heavy atom. The molecule has 1 unspecified atom stereocenters. The normalized spacial score (nSPS) is 26.6. The number of aliphatic hydroxyl groups is 1. The topological polar surface area (TPSA) is 56.7 Å². The van der Waals surface area contributed by atoms with Gasteiger partial charge in [-0.3, -0.25) is 4.79 Å². The minimum Gasteiger partial charge on any atom is -0.393 e. The van der Waals surface area contributed by atoms with E-state index in [4.69, 9.17) is 0 Å². The van der Waals surface area contributed by atoms with Crippen molar-refractivity contribution in [2.75, 3.05) is 24.5 Å². The standard InChI is InChI=1S/C19H27BrFN3O2/c20-18-10-15(21)11-22-19(18)23-8-1-2-14(12-23)7-9-24(13-25)16-3-5-17(26)6-4-16/h10-11,13-14,16-17,26H,1-9,12H2. The lowest BCUT2D eigenvalue weighted by atomic mass is 9.91. The van der Waals surface area contributed by atoms with Crippen LogP contribution < -0.4 is 4.90 Å². The van der Waals surface area contributed by atoms with Crippen LogP contribution in [-0.4, -0.2) is 53.2 Å². The first-order valence-corrected chi connectivity index (χ1v) is 10.3. The van der Waals surface area contributed by atoms with Gasteiger partial charge in [0.05, 0.1) is 16.8 Å². The second kappa shape index (κ2) is 9.13. The van der Waals surface area contributed by atoms with Gasteiger partial charge in [-0.15, -0.1) is 0 Å². The summed E-state index contributed by atoms with van der Waals surface area (Å²) in [7, 11) is 0. The maximum atomic E-state index is 13.3. The molecule has 0 bridgehead atoms. The van der Waals surface area contributed by atoms with E-state index in [-0.39, 0.29) is 18.0 Å². The van der Waals surface area contributed by atoms with E-state index in [2.05, 4.69) is 25.8 Å². The van der Waals surface area contributed by atoms with Gasteiger partial charge < -0.3 is 14.9 Å². The van der Waals surface area contributed by atoms with Crippen molar-refractivity contribution in [2.45, 2.75) is 57.1 Å². The molecule has 0 aromatic carbocycles. The van der Waals surface area contributed by atoms with Crippen molar-refractivity contribution in [3.63, 3.8) is 0 Å². The molecule has 144 valence electrons. The molecule has 2 fully saturated rings. The molecule has 2 aliphatic rings. The number of hydrogen-bond donors (Lipinski definition) is 1. The van der Waals surface area contributed by atoms with Gasteiger partial charge in [0.15, 0.2) is 0 Å². The van der Waals surface area contributed by atoms with E-state index in [0.717, 1.165) is 76.8 Å². The molecule has 2 heterocycles. The average Bonchev–Trinajstić information content (AvgIpc) is 2.64. The monoisotopic (exact) mass is 427 g/mol. The molecule has 1 saturated heterocycles. The van der Waals surface area contributed by atoms with Crippen molar-refractivity contribution in [1.82, 2.24) is 9.88 Å². The first-order chi connectivity index (χ1) is 12.6. The third-order valence-corrected chi connectivity index (χ3v) is 6.26. The van der Waals surface area contributed by atoms with Gasteiger partial charge in [-0.1, -0.05) is 0 Å². The summed E-state index contributed by atoms with van der Waals surface area (Å²) in [5.74, 6) is 0.956. The minimum atomic E-state index is -0.339. The van der Waals surface area contributed by atoms with E-state index in [0.29, 0.717) is 10.4 Å². The summed E-state index contributed by atoms with van der Waals surface area (Å²) >= 11 is 3.41. The van der Waals surface area contributed by atoms with Crippen molar-refractivity contribution < 1.29 is 14.3 Å². The van der Waals surface area contributed by atoms with Gasteiger partial charge in [0.25, 0.3) is 0 Å². The first kappa shape index (κ1) is 19.5. The van der Waals surface area contributed by atoms with Crippen LogP contribution in [0.4, 0.5) is 10.2 Å². The van der Waals surface area contributed by atoms with Gasteiger partial charge in [0.2, 0.25) is 6.41 Å². The van der Waals surface area contributed by atoms with Crippen LogP contribution in [-0.2, 0) is 4.79 Å². The number of aromatic nitrogens is 1. The molecule has 1 saturated carbocycles. The molecule has 0 radical (unpaired) electrons. The molecule has 0 spiro atoms. The summed E-state index contributed by atoms with van der Waals surface area (Å²) in [5, 5.41) is 9.65. The van der Waals surface area contributed by atoms with E-state index in [1.807, 2.05) is 4.90 Å². The Labute approximate surface area is 162 Å². The highest BCUT2D eigenvalue weighted by molar-refractivity contribution is 9.10. The van der Waals surface area contributed by atoms with Crippen LogP contribution in [0.25, 0.3) is 0 Å². The van der Waals surface area contributed by atoms with Crippen LogP contribution in [0, 0.1) is 11.7 Å². The predicted molar refractivity (Wildman–Crippen MR) is 102 cm³/mol. The number of amides is 1. The number of piperidine rings is 1. The number of hydrogen-bond acceptors (Lipinski definition) is 4. The molecule has 1 aromatic heterocycles. The van der Waals surface area contributed by atoms with E-state index in [1.165, 1.54) is 12.3 Å². The molecule has 3 rings (SSSR count). The highest BCUT2D eigenvalue weighted by atomic mass is 79.9. The summed E-state index contributed by atoms with van der Waals surface area (Å²) < 4.78 is 14.0. The quantitative estimate of drug-likeness (QED) is 0.707. The number of carbonyl (C=O) groups excluding carboxylic acids is 1. The molecule has 5 nitrogen and oxygen atoms in total. The number of rotatable bonds is 6. The lowest BCUT2D eigenvalue weighted by Crippen LogP contribution is -2.41. The van der Waals surface area contributed by atoms with Crippen LogP contribution in [0.3, 0.4) is 0 Å². The van der Waals surface area contributed by atoms with E-state index in [1.54, 1.807) is 0 Å². The van der Waals surface area contributed by atoms with Crippen LogP contribution in [0.1, 0.15) is 44.9 Å². The summed E-state index contributed by atoms with van der Waals surface area (Å²) in [4.78, 5) is 19.9. The van der Waals surface area contributed by atoms with Gasteiger partial charge >= 0.3 is 0 Å². The van der Waals surface area contributed by atoms with Crippen molar-refractivity contribution in [3.8, 4) is 0 Å². The van der Waals surface area contributed by atoms with Gasteiger partial charge in [-0.25, -0.2) is 9.37 Å². The zero-order valence-electron chi connectivity index (χ0n) is 15.0. The Morgan fingerprint density at radius 1 is 1.35 bits per heavy atom. The van der Waals surface area contributed by atoms with Gasteiger partial charge in [-0.05, 0) is 72.9 Å². The Kier molecular flexibility index (Phi) is 6.86. The highest BCUT2D eigenvalue weighted by Gasteiger charge is 2.26. The number of nitrogens with zero attached hydrogens (tertiary/aromatic N) is 3. The summed E-state index contributed by atoms with van der Waals surface area (Å²) in [6.45, 7) is 2.57. The molecule has 7 heteroatoms. The Hall–Kier alpha value is -1.21. The fourth-order valence-electron chi connectivity index (χ4n) is 4.18. The third kappa shape index (κ3) is 4.94. The zero-order valence-corrected chi connectivity index (χ0v) is 16.6. The van der Waals surface area contributed by atoms with Crippen molar-refractivity contribution in [1.29, 1.82) is 0 Å². The van der Waals surface area contributed by atoms with Gasteiger partial charge in [0, 0.05) is 25.7 Å². The molecule has 1 aliphatic heterocycles. The van der Waals surface area contributed by atoms with Crippen molar-refractivity contribution in [3.05, 3.63) is 22.6 Å². The first-order valence-electron chi connectivity index (χ1n) is 9.52. The molecule has 1 aromatic rings. The number of anilines is 1. The molecule has 1 atom stereocenters. The van der Waals surface area contributed by atoms with E-state index < -0.39 is 0 Å². The molecule has 1 N–H and O–H groups in total. The minimum absolute atomic E-state index is 0.201. The number of pyridine rings is 1. The van der Waals surface area contributed by atoms with E-state index in [9.17, 15) is 14.3 Å². The lowest BCUT2D eigenvalue weighted by Gasteiger charge is -2.37. The highest BCUT2D eigenvalue weighted by Crippen LogP contribution is 2.30. The van der Waals surface area contributed by atoms with Crippen molar-refractivity contribution >= 4 is 28.2 Å². The summed E-state index contributed by atoms with van der Waals surface area (Å²) in [5.41, 5.74) is 0. The molecule has 1 amide bonds. The maximum absolute atomic E-state index is 13.3. The zero-order chi connectivity index (χ0) is 18.5. The lowest BCUT2D eigenvalue weighted by molar-refractivity contribution is -0.121. The number of halogens is 2. The van der Waals surface area contributed by atoms with Crippen LogP contribution >= 0.6 is 15.9 Å². The molecular weight excluding hydrogens is 401 g/mol. The molecule has 26 heavy (non-hydrogen) atoms. The SMILES string of the molecule is O=CN(CCC1CCCN(c2ncc(F)cc2Br)C1)C1CCC(O)CC1. The van der Waals surface area contributed by atoms with E-state index >= 15 is 0 Å². The number of aliphatic hydroxyl groups excluding tert-OH is 1. The second-order valence-electron chi connectivity index (χ2n) is 7.51. The fraction of sp³-hybridized carbons (Fsp3) is 0.684. The van der Waals surface area contributed by atoms with Crippen LogP contribution in [0.5, 0.6) is 0 Å². The van der Waals surface area contributed by atoms with Crippen molar-refractivity contribution in [2.24, 2.45) is 5.92 Å². The molecule has 1 aliphatic carbocycles.